The Balaban J connectivity index is 2.49. The maximum atomic E-state index is 11.8. The largest absolute Gasteiger partial charge is 0.214 e. The molecular weight excluding hydrogens is 266 g/mol. The van der Waals surface area contributed by atoms with Gasteiger partial charge in [-0.25, -0.2) is 12.7 Å². The number of hydrogen-bond donors (Lipinski definition) is 0. The molecule has 3 nitrogen and oxygen atoms in total. The van der Waals surface area contributed by atoms with Gasteiger partial charge in [-0.15, -0.1) is 0 Å². The van der Waals surface area contributed by atoms with Gasteiger partial charge in [0.05, 0.1) is 5.75 Å². The Labute approximate surface area is 95.0 Å². The van der Waals surface area contributed by atoms with Crippen LogP contribution < -0.4 is 0 Å². The van der Waals surface area contributed by atoms with Crippen molar-refractivity contribution in [3.8, 4) is 0 Å². The summed E-state index contributed by atoms with van der Waals surface area (Å²) in [6.07, 6.45) is 2.71. The van der Waals surface area contributed by atoms with Crippen molar-refractivity contribution in [2.75, 3.05) is 24.2 Å². The molecule has 0 aromatic heterocycles. The third kappa shape index (κ3) is 3.21. The molecule has 0 N–H and O–H groups in total. The quantitative estimate of drug-likeness (QED) is 0.722. The molecule has 1 atom stereocenters. The average Bonchev–Trinajstić information content (AvgIpc) is 2.63. The Bertz CT molecular complexity index is 266. The zero-order chi connectivity index (χ0) is 10.6. The van der Waals surface area contributed by atoms with Crippen LogP contribution >= 0.6 is 15.9 Å². The summed E-state index contributed by atoms with van der Waals surface area (Å²) in [5.74, 6) is 0.824. The van der Waals surface area contributed by atoms with Crippen molar-refractivity contribution in [1.29, 1.82) is 0 Å². The molecule has 1 aliphatic rings. The standard InChI is InChI=1S/C9H18BrNO2S/c1-2-3-6-14(12,13)11-5-4-9(7-10)8-11/h9H,2-8H2,1H3. The smallest absolute Gasteiger partial charge is 0.212 e. The number of alkyl halides is 1. The first-order chi connectivity index (χ1) is 6.60. The molecule has 1 aliphatic heterocycles. The van der Waals surface area contributed by atoms with Crippen LogP contribution in [0.1, 0.15) is 26.2 Å². The van der Waals surface area contributed by atoms with Crippen LogP contribution in [0.3, 0.4) is 0 Å². The minimum absolute atomic E-state index is 0.318. The molecule has 5 heteroatoms. The van der Waals surface area contributed by atoms with E-state index in [-0.39, 0.29) is 0 Å². The number of nitrogens with zero attached hydrogens (tertiary/aromatic N) is 1. The zero-order valence-corrected chi connectivity index (χ0v) is 11.0. The second-order valence-electron chi connectivity index (χ2n) is 3.84. The van der Waals surface area contributed by atoms with Crippen LogP contribution in [-0.4, -0.2) is 36.9 Å². The lowest BCUT2D eigenvalue weighted by atomic mass is 10.2. The second-order valence-corrected chi connectivity index (χ2v) is 6.57. The van der Waals surface area contributed by atoms with Crippen LogP contribution in [0.25, 0.3) is 0 Å². The summed E-state index contributed by atoms with van der Waals surface area (Å²) in [6.45, 7) is 3.43. The van der Waals surface area contributed by atoms with Crippen molar-refractivity contribution in [3.63, 3.8) is 0 Å². The summed E-state index contributed by atoms with van der Waals surface area (Å²) >= 11 is 3.40. The highest BCUT2D eigenvalue weighted by atomic mass is 79.9. The Hall–Kier alpha value is 0.390. The summed E-state index contributed by atoms with van der Waals surface area (Å²) in [4.78, 5) is 0. The van der Waals surface area contributed by atoms with E-state index < -0.39 is 10.0 Å². The van der Waals surface area contributed by atoms with Gasteiger partial charge in [0.1, 0.15) is 0 Å². The van der Waals surface area contributed by atoms with Crippen molar-refractivity contribution in [3.05, 3.63) is 0 Å². The fourth-order valence-electron chi connectivity index (χ4n) is 1.63. The summed E-state index contributed by atoms with van der Waals surface area (Å²) in [5, 5.41) is 0.910. The summed E-state index contributed by atoms with van der Waals surface area (Å²) in [7, 11) is -2.95. The third-order valence-electron chi connectivity index (χ3n) is 2.62. The summed E-state index contributed by atoms with van der Waals surface area (Å²) in [6, 6.07) is 0. The van der Waals surface area contributed by atoms with E-state index in [1.54, 1.807) is 4.31 Å². The second kappa shape index (κ2) is 5.47. The molecular formula is C9H18BrNO2S. The van der Waals surface area contributed by atoms with E-state index in [1.165, 1.54) is 0 Å². The molecule has 0 bridgehead atoms. The topological polar surface area (TPSA) is 37.4 Å². The molecule has 0 aromatic carbocycles. The summed E-state index contributed by atoms with van der Waals surface area (Å²) in [5.41, 5.74) is 0. The van der Waals surface area contributed by atoms with Gasteiger partial charge in [-0.05, 0) is 18.8 Å². The van der Waals surface area contributed by atoms with Gasteiger partial charge in [-0.2, -0.15) is 0 Å². The Morgan fingerprint density at radius 1 is 1.50 bits per heavy atom. The first kappa shape index (κ1) is 12.5. The average molecular weight is 284 g/mol. The summed E-state index contributed by atoms with van der Waals surface area (Å²) < 4.78 is 25.2. The number of sulfonamides is 1. The fourth-order valence-corrected chi connectivity index (χ4v) is 3.89. The van der Waals surface area contributed by atoms with Gasteiger partial charge >= 0.3 is 0 Å². The molecule has 1 saturated heterocycles. The lowest BCUT2D eigenvalue weighted by molar-refractivity contribution is 0.464. The molecule has 0 radical (unpaired) electrons. The Morgan fingerprint density at radius 3 is 2.71 bits per heavy atom. The van der Waals surface area contributed by atoms with Crippen LogP contribution in [0.4, 0.5) is 0 Å². The van der Waals surface area contributed by atoms with Crippen molar-refractivity contribution in [2.24, 2.45) is 5.92 Å². The van der Waals surface area contributed by atoms with E-state index in [0.717, 1.165) is 24.6 Å². The minimum atomic E-state index is -2.95. The van der Waals surface area contributed by atoms with Crippen LogP contribution in [0.2, 0.25) is 0 Å². The molecule has 0 aliphatic carbocycles. The highest BCUT2D eigenvalue weighted by Crippen LogP contribution is 2.21. The lowest BCUT2D eigenvalue weighted by Gasteiger charge is -2.15. The molecule has 0 spiro atoms. The number of hydrogen-bond acceptors (Lipinski definition) is 2. The van der Waals surface area contributed by atoms with Gasteiger partial charge in [-0.3, -0.25) is 0 Å². The predicted octanol–water partition coefficient (Wildman–Crippen LogP) is 1.83. The molecule has 1 rings (SSSR count). The SMILES string of the molecule is CCCCS(=O)(=O)N1CCC(CBr)C1. The van der Waals surface area contributed by atoms with Crippen LogP contribution in [0, 0.1) is 5.92 Å². The van der Waals surface area contributed by atoms with Crippen LogP contribution in [0.5, 0.6) is 0 Å². The number of halogens is 1. The van der Waals surface area contributed by atoms with Crippen molar-refractivity contribution in [2.45, 2.75) is 26.2 Å². The Kier molecular flexibility index (Phi) is 4.87. The van der Waals surface area contributed by atoms with E-state index in [1.807, 2.05) is 6.92 Å². The van der Waals surface area contributed by atoms with Gasteiger partial charge in [-0.1, -0.05) is 29.3 Å². The van der Waals surface area contributed by atoms with Crippen molar-refractivity contribution < 1.29 is 8.42 Å². The normalized spacial score (nSPS) is 24.3. The monoisotopic (exact) mass is 283 g/mol. The molecule has 1 fully saturated rings. The van der Waals surface area contributed by atoms with Crippen molar-refractivity contribution >= 4 is 26.0 Å². The van der Waals surface area contributed by atoms with Gasteiger partial charge in [0.25, 0.3) is 0 Å². The first-order valence-electron chi connectivity index (χ1n) is 5.14. The van der Waals surface area contributed by atoms with Gasteiger partial charge < -0.3 is 0 Å². The molecule has 1 unspecified atom stereocenters. The maximum Gasteiger partial charge on any atom is 0.214 e. The molecule has 1 heterocycles. The Morgan fingerprint density at radius 2 is 2.21 bits per heavy atom. The maximum absolute atomic E-state index is 11.8. The molecule has 84 valence electrons. The highest BCUT2D eigenvalue weighted by Gasteiger charge is 2.29. The number of rotatable bonds is 5. The van der Waals surface area contributed by atoms with Crippen molar-refractivity contribution in [1.82, 2.24) is 4.31 Å². The lowest BCUT2D eigenvalue weighted by Crippen LogP contribution is -2.31. The third-order valence-corrected chi connectivity index (χ3v) is 5.45. The molecule has 0 amide bonds. The van der Waals surface area contributed by atoms with Crippen LogP contribution in [-0.2, 0) is 10.0 Å². The van der Waals surface area contributed by atoms with E-state index in [9.17, 15) is 8.42 Å². The zero-order valence-electron chi connectivity index (χ0n) is 8.58. The first-order valence-corrected chi connectivity index (χ1v) is 7.87. The van der Waals surface area contributed by atoms with Gasteiger partial charge in [0.2, 0.25) is 10.0 Å². The molecule has 14 heavy (non-hydrogen) atoms. The van der Waals surface area contributed by atoms with E-state index >= 15 is 0 Å². The van der Waals surface area contributed by atoms with E-state index in [4.69, 9.17) is 0 Å². The molecule has 0 saturated carbocycles. The molecule has 0 aromatic rings. The van der Waals surface area contributed by atoms with E-state index in [2.05, 4.69) is 15.9 Å². The van der Waals surface area contributed by atoms with Crippen LogP contribution in [0.15, 0.2) is 0 Å². The highest BCUT2D eigenvalue weighted by molar-refractivity contribution is 9.09. The van der Waals surface area contributed by atoms with Gasteiger partial charge in [0, 0.05) is 18.4 Å². The number of unbranched alkanes of at least 4 members (excludes halogenated alkanes) is 1. The minimum Gasteiger partial charge on any atom is -0.212 e. The van der Waals surface area contributed by atoms with Gasteiger partial charge in [0.15, 0.2) is 0 Å². The fraction of sp³-hybridized carbons (Fsp3) is 1.00. The van der Waals surface area contributed by atoms with E-state index in [0.29, 0.717) is 24.8 Å². The predicted molar refractivity (Wildman–Crippen MR) is 62.2 cm³/mol.